The maximum atomic E-state index is 11.7. The van der Waals surface area contributed by atoms with Crippen molar-refractivity contribution in [3.05, 3.63) is 23.2 Å². The van der Waals surface area contributed by atoms with Crippen LogP contribution in [0.2, 0.25) is 0 Å². The molecule has 1 unspecified atom stereocenters. The van der Waals surface area contributed by atoms with E-state index < -0.39 is 6.04 Å². The first-order chi connectivity index (χ1) is 3.80. The van der Waals surface area contributed by atoms with Gasteiger partial charge < -0.3 is 0 Å². The Labute approximate surface area is 47.6 Å². The second kappa shape index (κ2) is 2.10. The predicted molar refractivity (Wildman–Crippen MR) is 31.4 cm³/mol. The van der Waals surface area contributed by atoms with Crippen LogP contribution in [0.1, 0.15) is 10.1 Å². The van der Waals surface area contributed by atoms with Crippen molar-refractivity contribution in [2.75, 3.05) is 0 Å². The molecule has 1 nitrogen and oxygen atoms in total. The molecule has 0 aliphatic carbocycles. The quantitative estimate of drug-likeness (QED) is 0.530. The Morgan fingerprint density at radius 2 is 2.50 bits per heavy atom. The van der Waals surface area contributed by atoms with Gasteiger partial charge >= 0.3 is 6.04 Å². The lowest BCUT2D eigenvalue weighted by molar-refractivity contribution is 0.0840. The van der Waals surface area contributed by atoms with E-state index in [1.807, 2.05) is 0 Å². The third kappa shape index (κ3) is 0.958. The van der Waals surface area contributed by atoms with Crippen LogP contribution in [0.15, 0.2) is 17.9 Å². The molecule has 0 amide bonds. The third-order valence-electron chi connectivity index (χ3n) is 0.810. The van der Waals surface area contributed by atoms with Gasteiger partial charge in [0, 0.05) is 0 Å². The van der Waals surface area contributed by atoms with Gasteiger partial charge in [0.2, 0.25) is 0 Å². The Morgan fingerprint density at radius 1 is 1.75 bits per heavy atom. The molecule has 0 radical (unpaired) electrons. The molecule has 1 rings (SSSR count). The standard InChI is InChI=1S/C5H4FOP/c6-5(7)4-2-1-3-8-4/h1-3,8H. The smallest absolute Gasteiger partial charge is 0.255 e. The zero-order valence-electron chi connectivity index (χ0n) is 4.02. The van der Waals surface area contributed by atoms with Gasteiger partial charge in [-0.2, -0.15) is 4.39 Å². The number of carbonyl (C=O) groups is 1. The summed E-state index contributed by atoms with van der Waals surface area (Å²) >= 11 is 0. The summed E-state index contributed by atoms with van der Waals surface area (Å²) in [6.45, 7) is 0. The van der Waals surface area contributed by atoms with Gasteiger partial charge in [-0.15, -0.1) is 8.19 Å². The van der Waals surface area contributed by atoms with Crippen LogP contribution in [-0.4, -0.2) is 6.04 Å². The zero-order valence-corrected chi connectivity index (χ0v) is 5.02. The van der Waals surface area contributed by atoms with Crippen LogP contribution in [0, 0.1) is 0 Å². The SMILES string of the molecule is O=C(F)c1ccc[pH]1. The van der Waals surface area contributed by atoms with Crippen LogP contribution in [0.5, 0.6) is 0 Å². The summed E-state index contributed by atoms with van der Waals surface area (Å²) in [4.78, 5) is 9.88. The van der Waals surface area contributed by atoms with Crippen LogP contribution >= 0.6 is 8.19 Å². The fourth-order valence-corrected chi connectivity index (χ4v) is 1.13. The zero-order chi connectivity index (χ0) is 5.98. The average molecular weight is 130 g/mol. The van der Waals surface area contributed by atoms with E-state index >= 15 is 0 Å². The Morgan fingerprint density at radius 3 is 2.75 bits per heavy atom. The molecule has 0 fully saturated rings. The number of halogens is 1. The summed E-state index contributed by atoms with van der Waals surface area (Å²) in [6, 6.07) is 1.89. The van der Waals surface area contributed by atoms with E-state index in [0.29, 0.717) is 0 Å². The molecule has 3 heteroatoms. The number of hydrogen-bond donors (Lipinski definition) is 0. The second-order valence-electron chi connectivity index (χ2n) is 1.36. The molecular formula is C5H4FOP. The fourth-order valence-electron chi connectivity index (χ4n) is 0.453. The molecule has 0 saturated carbocycles. The van der Waals surface area contributed by atoms with Crippen molar-refractivity contribution in [3.63, 3.8) is 0 Å². The van der Waals surface area contributed by atoms with Gasteiger partial charge in [0.05, 0.1) is 5.30 Å². The van der Waals surface area contributed by atoms with Crippen LogP contribution in [0.4, 0.5) is 4.39 Å². The number of hydrogen-bond acceptors (Lipinski definition) is 1. The molecule has 0 saturated heterocycles. The molecule has 0 aliphatic rings. The van der Waals surface area contributed by atoms with Crippen molar-refractivity contribution in [2.45, 2.75) is 0 Å². The average Bonchev–Trinajstić information content (AvgIpc) is 2.12. The van der Waals surface area contributed by atoms with Crippen molar-refractivity contribution in [2.24, 2.45) is 0 Å². The molecule has 0 N–H and O–H groups in total. The number of carbonyl (C=O) groups excluding carboxylic acids is 1. The second-order valence-corrected chi connectivity index (χ2v) is 2.52. The molecule has 0 aromatic carbocycles. The summed E-state index contributed by atoms with van der Waals surface area (Å²) in [5.41, 5.74) is 0. The highest BCUT2D eigenvalue weighted by Crippen LogP contribution is 2.14. The first kappa shape index (κ1) is 5.52. The van der Waals surface area contributed by atoms with Gasteiger partial charge in [0.15, 0.2) is 0 Å². The maximum absolute atomic E-state index is 11.7. The molecule has 0 aliphatic heterocycles. The minimum atomic E-state index is -1.30. The minimum Gasteiger partial charge on any atom is -0.255 e. The monoisotopic (exact) mass is 130 g/mol. The van der Waals surface area contributed by atoms with E-state index in [0.717, 1.165) is 0 Å². The van der Waals surface area contributed by atoms with Gasteiger partial charge in [0.1, 0.15) is 0 Å². The van der Waals surface area contributed by atoms with Crippen molar-refractivity contribution >= 4 is 14.2 Å². The molecule has 42 valence electrons. The van der Waals surface area contributed by atoms with Crippen LogP contribution in [0.3, 0.4) is 0 Å². The van der Waals surface area contributed by atoms with Gasteiger partial charge in [-0.1, -0.05) is 6.07 Å². The lowest BCUT2D eigenvalue weighted by atomic mass is 10.5. The third-order valence-corrected chi connectivity index (χ3v) is 1.84. The largest absolute Gasteiger partial charge is 0.335 e. The summed E-state index contributed by atoms with van der Waals surface area (Å²) < 4.78 is 11.7. The molecule has 1 aromatic rings. The van der Waals surface area contributed by atoms with Crippen molar-refractivity contribution in [3.8, 4) is 0 Å². The highest BCUT2D eigenvalue weighted by atomic mass is 31.0. The lowest BCUT2D eigenvalue weighted by Crippen LogP contribution is -1.79. The molecule has 0 spiro atoms. The van der Waals surface area contributed by atoms with Crippen LogP contribution in [-0.2, 0) is 0 Å². The maximum Gasteiger partial charge on any atom is 0.335 e. The van der Waals surface area contributed by atoms with Gasteiger partial charge in [-0.05, 0) is 11.9 Å². The predicted octanol–water partition coefficient (Wildman–Crippen LogP) is 1.83. The van der Waals surface area contributed by atoms with Crippen molar-refractivity contribution in [1.29, 1.82) is 0 Å². The molecule has 8 heavy (non-hydrogen) atoms. The molecule has 1 heterocycles. The van der Waals surface area contributed by atoms with Crippen molar-refractivity contribution in [1.82, 2.24) is 0 Å². The van der Waals surface area contributed by atoms with Crippen molar-refractivity contribution < 1.29 is 9.18 Å². The van der Waals surface area contributed by atoms with Gasteiger partial charge in [-0.25, -0.2) is 0 Å². The van der Waals surface area contributed by atoms with Gasteiger partial charge in [-0.3, -0.25) is 4.79 Å². The summed E-state index contributed by atoms with van der Waals surface area (Å²) in [7, 11) is 0.236. The minimum absolute atomic E-state index is 0.236. The highest BCUT2D eigenvalue weighted by Gasteiger charge is 1.99. The van der Waals surface area contributed by atoms with Gasteiger partial charge in [0.25, 0.3) is 0 Å². The first-order valence-electron chi connectivity index (χ1n) is 2.14. The van der Waals surface area contributed by atoms with Crippen LogP contribution < -0.4 is 0 Å². The fraction of sp³-hybridized carbons (Fsp3) is 0. The normalized spacial score (nSPS) is 10.1. The molecule has 0 bridgehead atoms. The summed E-state index contributed by atoms with van der Waals surface area (Å²) in [5.74, 6) is 1.77. The Hall–Kier alpha value is -0.620. The first-order valence-corrected chi connectivity index (χ1v) is 3.21. The van der Waals surface area contributed by atoms with E-state index in [2.05, 4.69) is 0 Å². The summed E-state index contributed by atoms with van der Waals surface area (Å²) in [6.07, 6.45) is 0. The number of rotatable bonds is 1. The molecule has 1 atom stereocenters. The van der Waals surface area contributed by atoms with E-state index in [1.54, 1.807) is 11.9 Å². The summed E-state index contributed by atoms with van der Waals surface area (Å²) in [5, 5.41) is 0.282. The van der Waals surface area contributed by atoms with E-state index in [1.165, 1.54) is 6.07 Å². The topological polar surface area (TPSA) is 17.1 Å². The highest BCUT2D eigenvalue weighted by molar-refractivity contribution is 7.31. The van der Waals surface area contributed by atoms with E-state index in [9.17, 15) is 9.18 Å². The molecule has 1 aromatic heterocycles. The molecular weight excluding hydrogens is 126 g/mol. The Bertz CT molecular complexity index is 180. The Kier molecular flexibility index (Phi) is 1.45. The van der Waals surface area contributed by atoms with E-state index in [4.69, 9.17) is 0 Å². The lowest BCUT2D eigenvalue weighted by Gasteiger charge is -1.76. The Balaban J connectivity index is 2.93. The van der Waals surface area contributed by atoms with E-state index in [-0.39, 0.29) is 13.5 Å². The van der Waals surface area contributed by atoms with Crippen LogP contribution in [0.25, 0.3) is 0 Å².